The van der Waals surface area contributed by atoms with Crippen molar-refractivity contribution in [2.45, 2.75) is 83.2 Å². The van der Waals surface area contributed by atoms with Crippen LogP contribution in [0.25, 0.3) is 0 Å². The lowest BCUT2D eigenvalue weighted by atomic mass is 9.85. The Morgan fingerprint density at radius 3 is 2.38 bits per heavy atom. The highest BCUT2D eigenvalue weighted by atomic mass is 16.5. The minimum Gasteiger partial charge on any atom is -0.378 e. The Hall–Kier alpha value is -0.610. The first-order valence-corrected chi connectivity index (χ1v) is 8.82. The van der Waals surface area contributed by atoms with E-state index in [0.29, 0.717) is 18.4 Å². The number of carbonyl (C=O) groups is 1. The summed E-state index contributed by atoms with van der Waals surface area (Å²) in [4.78, 5) is 11.1. The van der Waals surface area contributed by atoms with Gasteiger partial charge in [-0.05, 0) is 50.4 Å². The van der Waals surface area contributed by atoms with Crippen molar-refractivity contribution in [1.82, 2.24) is 5.48 Å². The monoisotopic (exact) mass is 297 g/mol. The number of hydrogen-bond donors (Lipinski definition) is 2. The zero-order valence-corrected chi connectivity index (χ0v) is 13.2. The van der Waals surface area contributed by atoms with Crippen molar-refractivity contribution in [3.63, 3.8) is 0 Å². The lowest BCUT2D eigenvalue weighted by Gasteiger charge is -2.28. The SMILES string of the molecule is O=C(CC1CCC(OCCCC2CCCCC2)CC1)NO. The average molecular weight is 297 g/mol. The highest BCUT2D eigenvalue weighted by Crippen LogP contribution is 2.30. The number of ether oxygens (including phenoxy) is 1. The Morgan fingerprint density at radius 2 is 1.71 bits per heavy atom. The Kier molecular flexibility index (Phi) is 7.51. The molecule has 2 aliphatic rings. The second kappa shape index (κ2) is 9.42. The van der Waals surface area contributed by atoms with Crippen LogP contribution in [0.5, 0.6) is 0 Å². The molecule has 0 aromatic carbocycles. The standard InChI is InChI=1S/C17H31NO3/c19-17(18-20)13-15-8-10-16(11-9-15)21-12-4-7-14-5-2-1-3-6-14/h14-16,20H,1-13H2,(H,18,19). The fourth-order valence-electron chi connectivity index (χ4n) is 3.91. The van der Waals surface area contributed by atoms with Gasteiger partial charge in [-0.2, -0.15) is 0 Å². The molecule has 0 unspecified atom stereocenters. The van der Waals surface area contributed by atoms with Crippen molar-refractivity contribution < 1.29 is 14.7 Å². The maximum atomic E-state index is 11.1. The van der Waals surface area contributed by atoms with Crippen LogP contribution >= 0.6 is 0 Å². The summed E-state index contributed by atoms with van der Waals surface area (Å²) in [6.07, 6.45) is 14.7. The normalized spacial score (nSPS) is 27.5. The smallest absolute Gasteiger partial charge is 0.243 e. The lowest BCUT2D eigenvalue weighted by molar-refractivity contribution is -0.130. The summed E-state index contributed by atoms with van der Waals surface area (Å²) in [6.45, 7) is 0.906. The topological polar surface area (TPSA) is 58.6 Å². The molecule has 2 aliphatic carbocycles. The van der Waals surface area contributed by atoms with E-state index in [1.54, 1.807) is 5.48 Å². The van der Waals surface area contributed by atoms with Crippen molar-refractivity contribution in [3.05, 3.63) is 0 Å². The third kappa shape index (κ3) is 6.35. The van der Waals surface area contributed by atoms with E-state index in [0.717, 1.165) is 38.2 Å². The average Bonchev–Trinajstić information content (AvgIpc) is 2.54. The van der Waals surface area contributed by atoms with E-state index in [4.69, 9.17) is 9.94 Å². The minimum absolute atomic E-state index is 0.258. The molecule has 122 valence electrons. The van der Waals surface area contributed by atoms with Crippen molar-refractivity contribution >= 4 is 5.91 Å². The third-order valence-corrected chi connectivity index (χ3v) is 5.23. The number of amides is 1. The fourth-order valence-corrected chi connectivity index (χ4v) is 3.91. The van der Waals surface area contributed by atoms with Gasteiger partial charge in [0.05, 0.1) is 6.10 Å². The molecular weight excluding hydrogens is 266 g/mol. The van der Waals surface area contributed by atoms with E-state index < -0.39 is 0 Å². The molecule has 0 spiro atoms. The molecule has 0 aromatic rings. The minimum atomic E-state index is -0.258. The number of rotatable bonds is 7. The molecule has 0 atom stereocenters. The summed E-state index contributed by atoms with van der Waals surface area (Å²) in [6, 6.07) is 0. The molecule has 0 aliphatic heterocycles. The number of nitrogens with one attached hydrogen (secondary N) is 1. The van der Waals surface area contributed by atoms with E-state index in [9.17, 15) is 4.79 Å². The summed E-state index contributed by atoms with van der Waals surface area (Å²) < 4.78 is 6.00. The van der Waals surface area contributed by atoms with Gasteiger partial charge in [-0.1, -0.05) is 32.1 Å². The molecule has 0 aromatic heterocycles. The first kappa shape index (κ1) is 16.8. The second-order valence-electron chi connectivity index (χ2n) is 6.90. The van der Waals surface area contributed by atoms with Crippen LogP contribution in [0.1, 0.15) is 77.0 Å². The van der Waals surface area contributed by atoms with Crippen LogP contribution in [0.4, 0.5) is 0 Å². The van der Waals surface area contributed by atoms with Gasteiger partial charge in [-0.3, -0.25) is 10.0 Å². The Balaban J connectivity index is 1.49. The predicted molar refractivity (Wildman–Crippen MR) is 82.1 cm³/mol. The summed E-state index contributed by atoms with van der Waals surface area (Å²) in [7, 11) is 0. The highest BCUT2D eigenvalue weighted by molar-refractivity contribution is 5.74. The molecule has 0 heterocycles. The molecule has 0 saturated heterocycles. The van der Waals surface area contributed by atoms with E-state index >= 15 is 0 Å². The molecule has 2 N–H and O–H groups in total. The largest absolute Gasteiger partial charge is 0.378 e. The van der Waals surface area contributed by atoms with Crippen molar-refractivity contribution in [2.75, 3.05) is 6.61 Å². The van der Waals surface area contributed by atoms with Crippen LogP contribution in [0.3, 0.4) is 0 Å². The van der Waals surface area contributed by atoms with E-state index in [1.165, 1.54) is 44.9 Å². The summed E-state index contributed by atoms with van der Waals surface area (Å²) in [5, 5.41) is 8.54. The van der Waals surface area contributed by atoms with Crippen LogP contribution in [0.2, 0.25) is 0 Å². The van der Waals surface area contributed by atoms with Crippen LogP contribution < -0.4 is 5.48 Å². The van der Waals surface area contributed by atoms with Gasteiger partial charge in [0, 0.05) is 13.0 Å². The van der Waals surface area contributed by atoms with E-state index in [1.807, 2.05) is 0 Å². The molecule has 4 heteroatoms. The van der Waals surface area contributed by atoms with Gasteiger partial charge in [0.25, 0.3) is 0 Å². The third-order valence-electron chi connectivity index (χ3n) is 5.23. The molecule has 2 rings (SSSR count). The molecule has 0 bridgehead atoms. The predicted octanol–water partition coefficient (Wildman–Crippen LogP) is 3.82. The molecule has 4 nitrogen and oxygen atoms in total. The molecule has 2 fully saturated rings. The number of hydrogen-bond acceptors (Lipinski definition) is 3. The quantitative estimate of drug-likeness (QED) is 0.427. The molecule has 2 saturated carbocycles. The van der Waals surface area contributed by atoms with Gasteiger partial charge in [0.15, 0.2) is 0 Å². The summed E-state index contributed by atoms with van der Waals surface area (Å²) >= 11 is 0. The Labute approximate surface area is 128 Å². The zero-order chi connectivity index (χ0) is 14.9. The molecule has 21 heavy (non-hydrogen) atoms. The van der Waals surface area contributed by atoms with Crippen LogP contribution in [-0.4, -0.2) is 23.8 Å². The van der Waals surface area contributed by atoms with Crippen molar-refractivity contribution in [1.29, 1.82) is 0 Å². The summed E-state index contributed by atoms with van der Waals surface area (Å²) in [5.74, 6) is 1.11. The first-order valence-electron chi connectivity index (χ1n) is 8.82. The Bertz CT molecular complexity index is 294. The van der Waals surface area contributed by atoms with Crippen LogP contribution in [-0.2, 0) is 9.53 Å². The number of hydroxylamine groups is 1. The van der Waals surface area contributed by atoms with E-state index in [2.05, 4.69) is 0 Å². The van der Waals surface area contributed by atoms with Gasteiger partial charge in [-0.15, -0.1) is 0 Å². The first-order chi connectivity index (χ1) is 10.3. The maximum Gasteiger partial charge on any atom is 0.243 e. The molecular formula is C17H31NO3. The van der Waals surface area contributed by atoms with Gasteiger partial charge in [0.1, 0.15) is 0 Å². The maximum absolute atomic E-state index is 11.1. The highest BCUT2D eigenvalue weighted by Gasteiger charge is 2.23. The fraction of sp³-hybridized carbons (Fsp3) is 0.941. The van der Waals surface area contributed by atoms with Crippen LogP contribution in [0.15, 0.2) is 0 Å². The van der Waals surface area contributed by atoms with Gasteiger partial charge >= 0.3 is 0 Å². The van der Waals surface area contributed by atoms with Crippen LogP contribution in [0, 0.1) is 11.8 Å². The van der Waals surface area contributed by atoms with Gasteiger partial charge in [-0.25, -0.2) is 5.48 Å². The second-order valence-corrected chi connectivity index (χ2v) is 6.90. The summed E-state index contributed by atoms with van der Waals surface area (Å²) in [5.41, 5.74) is 1.73. The van der Waals surface area contributed by atoms with E-state index in [-0.39, 0.29) is 5.91 Å². The zero-order valence-electron chi connectivity index (χ0n) is 13.2. The van der Waals surface area contributed by atoms with Gasteiger partial charge in [0.2, 0.25) is 5.91 Å². The molecule has 0 radical (unpaired) electrons. The molecule has 1 amide bonds. The number of carbonyl (C=O) groups excluding carboxylic acids is 1. The Morgan fingerprint density at radius 1 is 1.00 bits per heavy atom. The van der Waals surface area contributed by atoms with Crippen molar-refractivity contribution in [3.8, 4) is 0 Å². The van der Waals surface area contributed by atoms with Gasteiger partial charge < -0.3 is 4.74 Å². The van der Waals surface area contributed by atoms with Crippen molar-refractivity contribution in [2.24, 2.45) is 11.8 Å². The lowest BCUT2D eigenvalue weighted by Crippen LogP contribution is -2.27.